The molecule has 1 N–H and O–H groups in total. The first-order valence-corrected chi connectivity index (χ1v) is 8.57. The molecule has 0 spiro atoms. The van der Waals surface area contributed by atoms with Crippen LogP contribution >= 0.6 is 11.8 Å². The molecule has 23 heavy (non-hydrogen) atoms. The van der Waals surface area contributed by atoms with E-state index in [2.05, 4.69) is 15.3 Å². The molecular formula is C16H18N4O2S. The smallest absolute Gasteiger partial charge is 0.253 e. The van der Waals surface area contributed by atoms with Crippen molar-refractivity contribution in [3.63, 3.8) is 0 Å². The highest BCUT2D eigenvalue weighted by Gasteiger charge is 2.25. The molecule has 0 atom stereocenters. The number of hydrogen-bond acceptors (Lipinski definition) is 5. The zero-order chi connectivity index (χ0) is 16.1. The first-order valence-electron chi connectivity index (χ1n) is 7.58. The Morgan fingerprint density at radius 1 is 1.35 bits per heavy atom. The van der Waals surface area contributed by atoms with Crippen molar-refractivity contribution in [2.24, 2.45) is 0 Å². The number of carbonyl (C=O) groups excluding carboxylic acids is 1. The van der Waals surface area contributed by atoms with E-state index in [4.69, 9.17) is 0 Å². The minimum atomic E-state index is -0.0534. The van der Waals surface area contributed by atoms with Gasteiger partial charge in [0.05, 0.1) is 17.8 Å². The standard InChI is InChI=1S/C16H18N4O2S/c21-15(10-23-13-3-5-17-6-4-13)18-7-8-20-11-19-14(9-16(20)22)12-1-2-12/h3-6,9,11-12H,1-2,7-8,10H2,(H,18,21). The summed E-state index contributed by atoms with van der Waals surface area (Å²) in [5, 5.41) is 2.82. The maximum atomic E-state index is 12.0. The van der Waals surface area contributed by atoms with Gasteiger partial charge in [0.1, 0.15) is 0 Å². The largest absolute Gasteiger partial charge is 0.354 e. The van der Waals surface area contributed by atoms with Crippen LogP contribution in [0.4, 0.5) is 0 Å². The molecule has 120 valence electrons. The number of nitrogens with one attached hydrogen (secondary N) is 1. The molecule has 1 aliphatic rings. The van der Waals surface area contributed by atoms with Crippen molar-refractivity contribution in [1.82, 2.24) is 19.9 Å². The summed E-state index contributed by atoms with van der Waals surface area (Å²) in [6, 6.07) is 5.34. The van der Waals surface area contributed by atoms with Crippen LogP contribution in [0.3, 0.4) is 0 Å². The minimum absolute atomic E-state index is 0.0533. The van der Waals surface area contributed by atoms with E-state index in [1.54, 1.807) is 24.8 Å². The first kappa shape index (κ1) is 15.7. The normalized spacial score (nSPS) is 13.7. The monoisotopic (exact) mass is 330 g/mol. The van der Waals surface area contributed by atoms with Gasteiger partial charge in [-0.05, 0) is 25.0 Å². The van der Waals surface area contributed by atoms with Gasteiger partial charge in [-0.2, -0.15) is 0 Å². The third-order valence-electron chi connectivity index (χ3n) is 3.59. The Morgan fingerprint density at radius 3 is 2.83 bits per heavy atom. The molecule has 2 aromatic heterocycles. The van der Waals surface area contributed by atoms with Gasteiger partial charge < -0.3 is 5.32 Å². The van der Waals surface area contributed by atoms with E-state index in [0.29, 0.717) is 24.8 Å². The summed E-state index contributed by atoms with van der Waals surface area (Å²) in [5.74, 6) is 0.766. The van der Waals surface area contributed by atoms with Gasteiger partial charge in [-0.15, -0.1) is 11.8 Å². The van der Waals surface area contributed by atoms with Gasteiger partial charge in [0.25, 0.3) is 5.56 Å². The molecule has 0 aromatic carbocycles. The van der Waals surface area contributed by atoms with E-state index < -0.39 is 0 Å². The molecule has 2 aromatic rings. The van der Waals surface area contributed by atoms with Crippen LogP contribution in [0, 0.1) is 0 Å². The minimum Gasteiger partial charge on any atom is -0.354 e. The average Bonchev–Trinajstić information content (AvgIpc) is 3.40. The van der Waals surface area contributed by atoms with Crippen molar-refractivity contribution in [2.75, 3.05) is 12.3 Å². The molecule has 0 bridgehead atoms. The Labute approximate surface area is 138 Å². The fraction of sp³-hybridized carbons (Fsp3) is 0.375. The average molecular weight is 330 g/mol. The number of amides is 1. The number of aromatic nitrogens is 3. The summed E-state index contributed by atoms with van der Waals surface area (Å²) in [5.41, 5.74) is 0.839. The fourth-order valence-corrected chi connectivity index (χ4v) is 2.87. The lowest BCUT2D eigenvalue weighted by atomic mass is 10.3. The third-order valence-corrected chi connectivity index (χ3v) is 4.60. The van der Waals surface area contributed by atoms with Crippen LogP contribution in [0.2, 0.25) is 0 Å². The van der Waals surface area contributed by atoms with Gasteiger partial charge in [-0.3, -0.25) is 19.1 Å². The molecule has 0 unspecified atom stereocenters. The highest BCUT2D eigenvalue weighted by atomic mass is 32.2. The molecule has 2 heterocycles. The molecule has 1 amide bonds. The second kappa shape index (κ2) is 7.41. The molecule has 1 saturated carbocycles. The predicted octanol–water partition coefficient (Wildman–Crippen LogP) is 1.42. The van der Waals surface area contributed by atoms with Crippen LogP contribution in [0.1, 0.15) is 24.5 Å². The van der Waals surface area contributed by atoms with Gasteiger partial charge in [0, 0.05) is 42.4 Å². The fourth-order valence-electron chi connectivity index (χ4n) is 2.16. The van der Waals surface area contributed by atoms with Crippen molar-refractivity contribution < 1.29 is 4.79 Å². The lowest BCUT2D eigenvalue weighted by molar-refractivity contribution is -0.118. The Morgan fingerprint density at radius 2 is 2.13 bits per heavy atom. The number of carbonyl (C=O) groups is 1. The Bertz CT molecular complexity index is 728. The summed E-state index contributed by atoms with van der Waals surface area (Å²) >= 11 is 1.46. The lowest BCUT2D eigenvalue weighted by Crippen LogP contribution is -2.31. The third kappa shape index (κ3) is 4.66. The summed E-state index contributed by atoms with van der Waals surface area (Å²) in [6.45, 7) is 0.850. The molecule has 0 saturated heterocycles. The van der Waals surface area contributed by atoms with E-state index in [1.807, 2.05) is 12.1 Å². The Kier molecular flexibility index (Phi) is 5.07. The molecule has 1 aliphatic carbocycles. The molecule has 0 radical (unpaired) electrons. The summed E-state index contributed by atoms with van der Waals surface area (Å²) in [4.78, 5) is 33.0. The van der Waals surface area contributed by atoms with E-state index in [1.165, 1.54) is 16.3 Å². The summed E-state index contributed by atoms with van der Waals surface area (Å²) < 4.78 is 1.53. The maximum Gasteiger partial charge on any atom is 0.253 e. The maximum absolute atomic E-state index is 12.0. The van der Waals surface area contributed by atoms with Gasteiger partial charge in [-0.25, -0.2) is 4.98 Å². The SMILES string of the molecule is O=C(CSc1ccncc1)NCCn1cnc(C2CC2)cc1=O. The van der Waals surface area contributed by atoms with Crippen LogP contribution in [-0.4, -0.2) is 32.7 Å². The van der Waals surface area contributed by atoms with Crippen LogP contribution in [0.5, 0.6) is 0 Å². The molecule has 6 nitrogen and oxygen atoms in total. The van der Waals surface area contributed by atoms with E-state index >= 15 is 0 Å². The highest BCUT2D eigenvalue weighted by Crippen LogP contribution is 2.38. The van der Waals surface area contributed by atoms with Crippen molar-refractivity contribution in [1.29, 1.82) is 0 Å². The summed E-state index contributed by atoms with van der Waals surface area (Å²) in [7, 11) is 0. The van der Waals surface area contributed by atoms with Crippen LogP contribution < -0.4 is 10.9 Å². The van der Waals surface area contributed by atoms with Crippen LogP contribution in [0.25, 0.3) is 0 Å². The zero-order valence-electron chi connectivity index (χ0n) is 12.6. The van der Waals surface area contributed by atoms with E-state index in [-0.39, 0.29) is 11.5 Å². The predicted molar refractivity (Wildman–Crippen MR) is 88.4 cm³/mol. The van der Waals surface area contributed by atoms with Gasteiger partial charge >= 0.3 is 0 Å². The quantitative estimate of drug-likeness (QED) is 0.777. The lowest BCUT2D eigenvalue weighted by Gasteiger charge is -2.08. The first-order chi connectivity index (χ1) is 11.2. The molecular weight excluding hydrogens is 312 g/mol. The van der Waals surface area contributed by atoms with Crippen LogP contribution in [0.15, 0.2) is 46.6 Å². The van der Waals surface area contributed by atoms with Gasteiger partial charge in [0.15, 0.2) is 0 Å². The molecule has 3 rings (SSSR count). The van der Waals surface area contributed by atoms with Crippen LogP contribution in [-0.2, 0) is 11.3 Å². The Balaban J connectivity index is 1.42. The number of thioether (sulfide) groups is 1. The summed E-state index contributed by atoms with van der Waals surface area (Å²) in [6.07, 6.45) is 7.23. The second-order valence-corrected chi connectivity index (χ2v) is 6.49. The molecule has 1 fully saturated rings. The van der Waals surface area contributed by atoms with Crippen molar-refractivity contribution >= 4 is 17.7 Å². The highest BCUT2D eigenvalue weighted by molar-refractivity contribution is 8.00. The number of hydrogen-bond donors (Lipinski definition) is 1. The van der Waals surface area contributed by atoms with Gasteiger partial charge in [-0.1, -0.05) is 0 Å². The van der Waals surface area contributed by atoms with E-state index in [9.17, 15) is 9.59 Å². The number of rotatable bonds is 7. The van der Waals surface area contributed by atoms with Crippen molar-refractivity contribution in [3.8, 4) is 0 Å². The van der Waals surface area contributed by atoms with Crippen molar-refractivity contribution in [3.05, 3.63) is 53.0 Å². The molecule has 0 aliphatic heterocycles. The number of nitrogens with zero attached hydrogens (tertiary/aromatic N) is 3. The molecule has 7 heteroatoms. The zero-order valence-corrected chi connectivity index (χ0v) is 13.5. The topological polar surface area (TPSA) is 76.9 Å². The van der Waals surface area contributed by atoms with Gasteiger partial charge in [0.2, 0.25) is 5.91 Å². The second-order valence-electron chi connectivity index (χ2n) is 5.44. The Hall–Kier alpha value is -2.15. The number of pyridine rings is 1. The van der Waals surface area contributed by atoms with Crippen molar-refractivity contribution in [2.45, 2.75) is 30.2 Å². The van der Waals surface area contributed by atoms with E-state index in [0.717, 1.165) is 23.4 Å².